The van der Waals surface area contributed by atoms with Crippen LogP contribution in [-0.4, -0.2) is 63.3 Å². The third-order valence-corrected chi connectivity index (χ3v) is 5.41. The summed E-state index contributed by atoms with van der Waals surface area (Å²) in [4.78, 5) is 27.9. The van der Waals surface area contributed by atoms with Gasteiger partial charge in [-0.15, -0.1) is 0 Å². The second-order valence-electron chi connectivity index (χ2n) is 6.52. The number of aliphatic carboxylic acids is 1. The third-order valence-electron chi connectivity index (χ3n) is 5.41. The number of carboxylic acids is 1. The van der Waals surface area contributed by atoms with Crippen LogP contribution >= 0.6 is 0 Å². The van der Waals surface area contributed by atoms with Gasteiger partial charge in [-0.25, -0.2) is 4.79 Å². The van der Waals surface area contributed by atoms with Crippen LogP contribution in [0.15, 0.2) is 0 Å². The SMILES string of the molecule is O=C(O)C1CC2CCC1N2C(=O)N1CCCCC1CCO. The van der Waals surface area contributed by atoms with Gasteiger partial charge in [0.2, 0.25) is 0 Å². The number of amides is 2. The number of hydrogen-bond acceptors (Lipinski definition) is 3. The summed E-state index contributed by atoms with van der Waals surface area (Å²) in [6, 6.07) is 0.0842. The highest BCUT2D eigenvalue weighted by molar-refractivity contribution is 5.79. The van der Waals surface area contributed by atoms with E-state index in [0.717, 1.165) is 38.6 Å². The summed E-state index contributed by atoms with van der Waals surface area (Å²) in [5.41, 5.74) is 0. The molecule has 6 nitrogen and oxygen atoms in total. The van der Waals surface area contributed by atoms with E-state index < -0.39 is 11.9 Å². The summed E-state index contributed by atoms with van der Waals surface area (Å²) >= 11 is 0. The number of hydrogen-bond donors (Lipinski definition) is 2. The summed E-state index contributed by atoms with van der Waals surface area (Å²) in [5, 5.41) is 18.5. The maximum Gasteiger partial charge on any atom is 0.320 e. The van der Waals surface area contributed by atoms with E-state index in [9.17, 15) is 19.8 Å². The van der Waals surface area contributed by atoms with Gasteiger partial charge < -0.3 is 20.0 Å². The van der Waals surface area contributed by atoms with Crippen molar-refractivity contribution in [3.8, 4) is 0 Å². The first-order chi connectivity index (χ1) is 10.1. The fourth-order valence-corrected chi connectivity index (χ4v) is 4.40. The lowest BCUT2D eigenvalue weighted by Gasteiger charge is -2.39. The van der Waals surface area contributed by atoms with Crippen molar-refractivity contribution >= 4 is 12.0 Å². The van der Waals surface area contributed by atoms with E-state index in [0.29, 0.717) is 12.8 Å². The van der Waals surface area contributed by atoms with Gasteiger partial charge in [0.1, 0.15) is 0 Å². The van der Waals surface area contributed by atoms with E-state index in [1.807, 2.05) is 9.80 Å². The van der Waals surface area contributed by atoms with Crippen molar-refractivity contribution in [2.75, 3.05) is 13.2 Å². The molecule has 3 saturated heterocycles. The van der Waals surface area contributed by atoms with Crippen molar-refractivity contribution in [1.29, 1.82) is 0 Å². The standard InChI is InChI=1S/C15H24N2O4/c18-8-6-10-3-1-2-7-16(10)15(21)17-11-4-5-13(17)12(9-11)14(19)20/h10-13,18H,1-9H2,(H,19,20). The van der Waals surface area contributed by atoms with Gasteiger partial charge in [0.05, 0.1) is 5.92 Å². The van der Waals surface area contributed by atoms with Crippen molar-refractivity contribution in [2.24, 2.45) is 5.92 Å². The van der Waals surface area contributed by atoms with Crippen LogP contribution < -0.4 is 0 Å². The summed E-state index contributed by atoms with van der Waals surface area (Å²) < 4.78 is 0. The van der Waals surface area contributed by atoms with E-state index in [4.69, 9.17) is 0 Å². The molecule has 4 atom stereocenters. The Morgan fingerprint density at radius 1 is 1.14 bits per heavy atom. The molecule has 0 aromatic rings. The summed E-state index contributed by atoms with van der Waals surface area (Å²) in [6.45, 7) is 0.830. The molecular weight excluding hydrogens is 272 g/mol. The number of aliphatic hydroxyl groups excluding tert-OH is 1. The van der Waals surface area contributed by atoms with Gasteiger partial charge in [-0.1, -0.05) is 0 Å². The molecular formula is C15H24N2O4. The topological polar surface area (TPSA) is 81.1 Å². The van der Waals surface area contributed by atoms with Crippen LogP contribution in [0.25, 0.3) is 0 Å². The molecule has 3 fully saturated rings. The number of carboxylic acid groups (broad SMARTS) is 1. The van der Waals surface area contributed by atoms with Crippen LogP contribution in [0.2, 0.25) is 0 Å². The lowest BCUT2D eigenvalue weighted by Crippen LogP contribution is -2.52. The van der Waals surface area contributed by atoms with Crippen molar-refractivity contribution < 1.29 is 19.8 Å². The first-order valence-corrected chi connectivity index (χ1v) is 8.06. The highest BCUT2D eigenvalue weighted by Gasteiger charge is 2.52. The number of fused-ring (bicyclic) bond motifs is 2. The van der Waals surface area contributed by atoms with E-state index in [-0.39, 0.29) is 30.8 Å². The van der Waals surface area contributed by atoms with E-state index in [1.54, 1.807) is 0 Å². The number of nitrogens with zero attached hydrogens (tertiary/aromatic N) is 2. The normalized spacial score (nSPS) is 35.3. The molecule has 21 heavy (non-hydrogen) atoms. The van der Waals surface area contributed by atoms with Gasteiger partial charge in [0, 0.05) is 31.3 Å². The Morgan fingerprint density at radius 2 is 1.95 bits per heavy atom. The Balaban J connectivity index is 1.74. The summed E-state index contributed by atoms with van der Waals surface area (Å²) in [5.74, 6) is -1.17. The molecule has 0 spiro atoms. The van der Waals surface area contributed by atoms with Crippen LogP contribution in [0, 0.1) is 5.92 Å². The molecule has 2 N–H and O–H groups in total. The minimum Gasteiger partial charge on any atom is -0.481 e. The van der Waals surface area contributed by atoms with E-state index in [2.05, 4.69) is 0 Å². The number of rotatable bonds is 3. The predicted octanol–water partition coefficient (Wildman–Crippen LogP) is 1.28. The minimum absolute atomic E-state index is 0.00407. The molecule has 0 radical (unpaired) electrons. The minimum atomic E-state index is -0.773. The Kier molecular flexibility index (Phi) is 4.06. The quantitative estimate of drug-likeness (QED) is 0.822. The molecule has 2 bridgehead atoms. The number of carbonyl (C=O) groups is 2. The zero-order valence-electron chi connectivity index (χ0n) is 12.3. The van der Waals surface area contributed by atoms with Crippen LogP contribution in [0.5, 0.6) is 0 Å². The highest BCUT2D eigenvalue weighted by atomic mass is 16.4. The average Bonchev–Trinajstić information content (AvgIpc) is 3.05. The molecule has 118 valence electrons. The predicted molar refractivity (Wildman–Crippen MR) is 75.8 cm³/mol. The lowest BCUT2D eigenvalue weighted by atomic mass is 9.89. The number of urea groups is 1. The van der Waals surface area contributed by atoms with Crippen molar-refractivity contribution in [3.63, 3.8) is 0 Å². The fraction of sp³-hybridized carbons (Fsp3) is 0.867. The highest BCUT2D eigenvalue weighted by Crippen LogP contribution is 2.43. The van der Waals surface area contributed by atoms with Crippen LogP contribution in [0.3, 0.4) is 0 Å². The van der Waals surface area contributed by atoms with E-state index >= 15 is 0 Å². The molecule has 3 aliphatic heterocycles. The van der Waals surface area contributed by atoms with Gasteiger partial charge in [0.15, 0.2) is 0 Å². The molecule has 0 saturated carbocycles. The molecule has 2 amide bonds. The zero-order valence-corrected chi connectivity index (χ0v) is 12.3. The molecule has 3 rings (SSSR count). The van der Waals surface area contributed by atoms with Gasteiger partial charge in [-0.05, 0) is 44.9 Å². The van der Waals surface area contributed by atoms with Gasteiger partial charge >= 0.3 is 12.0 Å². The lowest BCUT2D eigenvalue weighted by molar-refractivity contribution is -0.142. The zero-order chi connectivity index (χ0) is 15.0. The molecule has 6 heteroatoms. The smallest absolute Gasteiger partial charge is 0.320 e. The molecule has 4 unspecified atom stereocenters. The molecule has 0 aromatic heterocycles. The number of carbonyl (C=O) groups excluding carboxylic acids is 1. The van der Waals surface area contributed by atoms with Crippen molar-refractivity contribution in [1.82, 2.24) is 9.80 Å². The number of piperidine rings is 1. The van der Waals surface area contributed by atoms with E-state index in [1.165, 1.54) is 0 Å². The van der Waals surface area contributed by atoms with Crippen molar-refractivity contribution in [2.45, 2.75) is 63.1 Å². The first kappa shape index (κ1) is 14.6. The second kappa shape index (κ2) is 5.83. The maximum atomic E-state index is 12.9. The third kappa shape index (κ3) is 2.50. The molecule has 0 aromatic carbocycles. The maximum absolute atomic E-state index is 12.9. The van der Waals surface area contributed by atoms with Gasteiger partial charge in [0.25, 0.3) is 0 Å². The Hall–Kier alpha value is -1.30. The fourth-order valence-electron chi connectivity index (χ4n) is 4.40. The Bertz CT molecular complexity index is 426. The molecule has 0 aliphatic carbocycles. The largest absolute Gasteiger partial charge is 0.481 e. The Labute approximate surface area is 124 Å². The van der Waals surface area contributed by atoms with Crippen LogP contribution in [0.1, 0.15) is 44.9 Å². The molecule has 3 heterocycles. The Morgan fingerprint density at radius 3 is 2.62 bits per heavy atom. The average molecular weight is 296 g/mol. The second-order valence-corrected chi connectivity index (χ2v) is 6.52. The first-order valence-electron chi connectivity index (χ1n) is 8.06. The summed E-state index contributed by atoms with van der Waals surface area (Å²) in [7, 11) is 0. The number of aliphatic hydroxyl groups is 1. The summed E-state index contributed by atoms with van der Waals surface area (Å²) in [6.07, 6.45) is 6.00. The van der Waals surface area contributed by atoms with Crippen molar-refractivity contribution in [3.05, 3.63) is 0 Å². The van der Waals surface area contributed by atoms with Gasteiger partial charge in [-0.2, -0.15) is 0 Å². The molecule has 3 aliphatic rings. The van der Waals surface area contributed by atoms with Crippen LogP contribution in [-0.2, 0) is 4.79 Å². The monoisotopic (exact) mass is 296 g/mol. The van der Waals surface area contributed by atoms with Crippen LogP contribution in [0.4, 0.5) is 4.79 Å². The van der Waals surface area contributed by atoms with Gasteiger partial charge in [-0.3, -0.25) is 4.79 Å². The number of likely N-dealkylation sites (tertiary alicyclic amines) is 1.